The molecule has 1 unspecified atom stereocenters. The van der Waals surface area contributed by atoms with Crippen LogP contribution < -0.4 is 0 Å². The molecule has 0 aliphatic carbocycles. The van der Waals surface area contributed by atoms with E-state index in [-0.39, 0.29) is 0 Å². The van der Waals surface area contributed by atoms with Gasteiger partial charge in [-0.1, -0.05) is 33.0 Å². The van der Waals surface area contributed by atoms with E-state index < -0.39 is 0 Å². The summed E-state index contributed by atoms with van der Waals surface area (Å²) in [5, 5.41) is 0. The van der Waals surface area contributed by atoms with E-state index in [1.165, 1.54) is 5.69 Å². The molecule has 13 heavy (non-hydrogen) atoms. The summed E-state index contributed by atoms with van der Waals surface area (Å²) >= 11 is 5.09. The summed E-state index contributed by atoms with van der Waals surface area (Å²) in [5.74, 6) is 1.49. The van der Waals surface area contributed by atoms with E-state index in [2.05, 4.69) is 30.7 Å². The van der Waals surface area contributed by atoms with Gasteiger partial charge in [-0.25, -0.2) is 4.98 Å². The number of nitrogens with one attached hydrogen (secondary N) is 1. The molecule has 0 fully saturated rings. The summed E-state index contributed by atoms with van der Waals surface area (Å²) in [6.07, 6.45) is 2.07. The molecule has 1 rings (SSSR count). The Morgan fingerprint density at radius 2 is 2.23 bits per heavy atom. The highest BCUT2D eigenvalue weighted by atomic mass is 32.1. The van der Waals surface area contributed by atoms with Crippen molar-refractivity contribution in [1.29, 1.82) is 0 Å². The molecule has 0 bridgehead atoms. The Morgan fingerprint density at radius 1 is 1.54 bits per heavy atom. The second-order valence-corrected chi connectivity index (χ2v) is 3.71. The normalized spacial score (nSPS) is 12.8. The Balaban J connectivity index is 3.08. The highest BCUT2D eigenvalue weighted by molar-refractivity contribution is 7.71. The molecule has 0 spiro atoms. The average molecular weight is 196 g/mol. The van der Waals surface area contributed by atoms with Crippen LogP contribution in [0.4, 0.5) is 0 Å². The van der Waals surface area contributed by atoms with Crippen LogP contribution in [0.2, 0.25) is 0 Å². The smallest absolute Gasteiger partial charge is 0.129 e. The van der Waals surface area contributed by atoms with E-state index in [4.69, 9.17) is 12.2 Å². The molecule has 3 heteroatoms. The molecule has 72 valence electrons. The largest absolute Gasteiger partial charge is 0.347 e. The summed E-state index contributed by atoms with van der Waals surface area (Å²) in [6.45, 7) is 6.43. The maximum absolute atomic E-state index is 5.09. The first kappa shape index (κ1) is 10.4. The molecule has 0 aliphatic heterocycles. The number of hydrogen-bond donors (Lipinski definition) is 1. The summed E-state index contributed by atoms with van der Waals surface area (Å²) in [5.41, 5.74) is 1.18. The SMILES string of the molecule is CCc1cc(=S)nc(C(C)CC)[nH]1. The Kier molecular flexibility index (Phi) is 3.60. The molecular weight excluding hydrogens is 180 g/mol. The maximum Gasteiger partial charge on any atom is 0.129 e. The lowest BCUT2D eigenvalue weighted by atomic mass is 10.1. The first-order valence-corrected chi connectivity index (χ1v) is 5.18. The Morgan fingerprint density at radius 3 is 2.77 bits per heavy atom. The van der Waals surface area contributed by atoms with Gasteiger partial charge in [-0.15, -0.1) is 0 Å². The van der Waals surface area contributed by atoms with Gasteiger partial charge in [0.15, 0.2) is 0 Å². The highest BCUT2D eigenvalue weighted by Crippen LogP contribution is 2.14. The topological polar surface area (TPSA) is 28.7 Å². The van der Waals surface area contributed by atoms with Crippen LogP contribution in [0.3, 0.4) is 0 Å². The lowest BCUT2D eigenvalue weighted by Crippen LogP contribution is -2.02. The molecule has 1 atom stereocenters. The standard InChI is InChI=1S/C10H16N2S/c1-4-7(3)10-11-8(5-2)6-9(13)12-10/h6-7H,4-5H2,1-3H3,(H,11,12,13). The van der Waals surface area contributed by atoms with Gasteiger partial charge in [0.1, 0.15) is 10.5 Å². The fourth-order valence-corrected chi connectivity index (χ4v) is 1.39. The third-order valence-electron chi connectivity index (χ3n) is 2.28. The Bertz CT molecular complexity index is 330. The number of rotatable bonds is 3. The van der Waals surface area contributed by atoms with Crippen molar-refractivity contribution < 1.29 is 0 Å². The van der Waals surface area contributed by atoms with Gasteiger partial charge in [0.05, 0.1) is 0 Å². The van der Waals surface area contributed by atoms with Crippen LogP contribution in [0.5, 0.6) is 0 Å². The van der Waals surface area contributed by atoms with Crippen LogP contribution >= 0.6 is 12.2 Å². The first-order chi connectivity index (χ1) is 6.17. The predicted molar refractivity (Wildman–Crippen MR) is 57.5 cm³/mol. The second kappa shape index (κ2) is 4.51. The van der Waals surface area contributed by atoms with Crippen LogP contribution in [0.15, 0.2) is 6.07 Å². The van der Waals surface area contributed by atoms with Gasteiger partial charge in [-0.05, 0) is 18.9 Å². The minimum atomic E-state index is 0.466. The van der Waals surface area contributed by atoms with Gasteiger partial charge < -0.3 is 4.98 Å². The summed E-state index contributed by atoms with van der Waals surface area (Å²) in [6, 6.07) is 1.93. The van der Waals surface area contributed by atoms with E-state index in [1.807, 2.05) is 6.07 Å². The molecule has 2 nitrogen and oxygen atoms in total. The zero-order valence-electron chi connectivity index (χ0n) is 8.42. The van der Waals surface area contributed by atoms with Crippen molar-refractivity contribution in [2.45, 2.75) is 39.5 Å². The maximum atomic E-state index is 5.09. The second-order valence-electron chi connectivity index (χ2n) is 3.29. The van der Waals surface area contributed by atoms with Crippen molar-refractivity contribution in [1.82, 2.24) is 9.97 Å². The monoisotopic (exact) mass is 196 g/mol. The van der Waals surface area contributed by atoms with Gasteiger partial charge in [0.25, 0.3) is 0 Å². The fourth-order valence-electron chi connectivity index (χ4n) is 1.15. The fraction of sp³-hybridized carbons (Fsp3) is 0.600. The Labute approximate surface area is 84.4 Å². The van der Waals surface area contributed by atoms with Crippen LogP contribution in [-0.4, -0.2) is 9.97 Å². The molecule has 1 heterocycles. The lowest BCUT2D eigenvalue weighted by molar-refractivity contribution is 0.669. The van der Waals surface area contributed by atoms with Gasteiger partial charge in [-0.3, -0.25) is 0 Å². The molecule has 0 aromatic carbocycles. The van der Waals surface area contributed by atoms with Crippen molar-refractivity contribution in [3.63, 3.8) is 0 Å². The van der Waals surface area contributed by atoms with Crippen molar-refractivity contribution in [2.24, 2.45) is 0 Å². The van der Waals surface area contributed by atoms with Crippen LogP contribution in [0.25, 0.3) is 0 Å². The van der Waals surface area contributed by atoms with Gasteiger partial charge in [0, 0.05) is 11.6 Å². The summed E-state index contributed by atoms with van der Waals surface area (Å²) in [4.78, 5) is 7.62. The van der Waals surface area contributed by atoms with Crippen molar-refractivity contribution in [3.05, 3.63) is 22.2 Å². The lowest BCUT2D eigenvalue weighted by Gasteiger charge is -2.09. The van der Waals surface area contributed by atoms with Crippen LogP contribution in [-0.2, 0) is 6.42 Å². The van der Waals surface area contributed by atoms with Crippen molar-refractivity contribution >= 4 is 12.2 Å². The number of aryl methyl sites for hydroxylation is 1. The zero-order valence-corrected chi connectivity index (χ0v) is 9.24. The van der Waals surface area contributed by atoms with Gasteiger partial charge >= 0.3 is 0 Å². The average Bonchev–Trinajstić information content (AvgIpc) is 2.15. The third kappa shape index (κ3) is 2.62. The highest BCUT2D eigenvalue weighted by Gasteiger charge is 2.05. The van der Waals surface area contributed by atoms with Gasteiger partial charge in [-0.2, -0.15) is 0 Å². The van der Waals surface area contributed by atoms with Crippen molar-refractivity contribution in [3.8, 4) is 0 Å². The third-order valence-corrected chi connectivity index (χ3v) is 2.49. The molecule has 0 saturated carbocycles. The number of H-pyrrole nitrogens is 1. The molecule has 0 radical (unpaired) electrons. The van der Waals surface area contributed by atoms with E-state index >= 15 is 0 Å². The molecular formula is C10H16N2S. The van der Waals surface area contributed by atoms with E-state index in [0.717, 1.165) is 18.7 Å². The molecule has 0 amide bonds. The zero-order chi connectivity index (χ0) is 9.84. The summed E-state index contributed by atoms with van der Waals surface area (Å²) in [7, 11) is 0. The van der Waals surface area contributed by atoms with Gasteiger partial charge in [0.2, 0.25) is 0 Å². The molecule has 0 aliphatic rings. The molecule has 1 N–H and O–H groups in total. The van der Waals surface area contributed by atoms with E-state index in [0.29, 0.717) is 10.6 Å². The molecule has 0 saturated heterocycles. The minimum Gasteiger partial charge on any atom is -0.347 e. The number of nitrogens with zero attached hydrogens (tertiary/aromatic N) is 1. The number of aromatic amines is 1. The Hall–Kier alpha value is -0.700. The number of hydrogen-bond acceptors (Lipinski definition) is 2. The quantitative estimate of drug-likeness (QED) is 0.752. The van der Waals surface area contributed by atoms with Crippen molar-refractivity contribution in [2.75, 3.05) is 0 Å². The molecule has 1 aromatic rings. The summed E-state index contributed by atoms with van der Waals surface area (Å²) < 4.78 is 0.700. The molecule has 1 aromatic heterocycles. The minimum absolute atomic E-state index is 0.466. The van der Waals surface area contributed by atoms with Crippen LogP contribution in [0.1, 0.15) is 44.6 Å². The predicted octanol–water partition coefficient (Wildman–Crippen LogP) is 3.22. The van der Waals surface area contributed by atoms with E-state index in [9.17, 15) is 0 Å². The number of aromatic nitrogens is 2. The van der Waals surface area contributed by atoms with E-state index in [1.54, 1.807) is 0 Å². The van der Waals surface area contributed by atoms with Crippen LogP contribution in [0, 0.1) is 4.64 Å². The first-order valence-electron chi connectivity index (χ1n) is 4.77.